The third kappa shape index (κ3) is 6.58. The summed E-state index contributed by atoms with van der Waals surface area (Å²) in [6.07, 6.45) is 6.53. The molecule has 1 saturated heterocycles. The van der Waals surface area contributed by atoms with Crippen molar-refractivity contribution in [2.75, 3.05) is 26.2 Å². The van der Waals surface area contributed by atoms with E-state index < -0.39 is 0 Å². The fourth-order valence-electron chi connectivity index (χ4n) is 2.80. The van der Waals surface area contributed by atoms with Crippen molar-refractivity contribution < 1.29 is 0 Å². The molecule has 0 bridgehead atoms. The number of likely N-dealkylation sites (tertiary alicyclic amines) is 1. The second kappa shape index (κ2) is 7.79. The standard InChI is InChI=1S/C18H38N2/c1-7-18(6,8-2)19-15-16-9-12-20(13-10-16)14-11-17(3,4)5/h16,19H,7-15H2,1-6H3. The van der Waals surface area contributed by atoms with Gasteiger partial charge in [0.1, 0.15) is 0 Å². The molecule has 20 heavy (non-hydrogen) atoms. The third-order valence-electron chi connectivity index (χ3n) is 5.26. The van der Waals surface area contributed by atoms with E-state index in [2.05, 4.69) is 51.8 Å². The van der Waals surface area contributed by atoms with Crippen molar-refractivity contribution in [1.29, 1.82) is 0 Å². The molecule has 0 unspecified atom stereocenters. The molecule has 0 atom stereocenters. The SMILES string of the molecule is CCC(C)(CC)NCC1CCN(CCC(C)(C)C)CC1. The van der Waals surface area contributed by atoms with Crippen LogP contribution >= 0.6 is 0 Å². The van der Waals surface area contributed by atoms with Crippen molar-refractivity contribution in [1.82, 2.24) is 10.2 Å². The Balaban J connectivity index is 2.22. The highest BCUT2D eigenvalue weighted by atomic mass is 15.1. The molecule has 0 amide bonds. The normalized spacial score (nSPS) is 19.5. The zero-order valence-electron chi connectivity index (χ0n) is 14.9. The Bertz CT molecular complexity index is 255. The van der Waals surface area contributed by atoms with Crippen LogP contribution in [0.2, 0.25) is 0 Å². The number of nitrogens with one attached hydrogen (secondary N) is 1. The molecule has 1 aliphatic heterocycles. The van der Waals surface area contributed by atoms with Gasteiger partial charge in [0.05, 0.1) is 0 Å². The Labute approximate surface area is 127 Å². The molecule has 1 fully saturated rings. The van der Waals surface area contributed by atoms with Crippen LogP contribution in [0.1, 0.15) is 73.6 Å². The van der Waals surface area contributed by atoms with E-state index in [4.69, 9.17) is 0 Å². The molecule has 0 radical (unpaired) electrons. The van der Waals surface area contributed by atoms with Gasteiger partial charge in [0, 0.05) is 5.54 Å². The van der Waals surface area contributed by atoms with Crippen LogP contribution in [0.3, 0.4) is 0 Å². The first-order chi connectivity index (χ1) is 9.28. The molecule has 1 rings (SSSR count). The third-order valence-corrected chi connectivity index (χ3v) is 5.26. The lowest BCUT2D eigenvalue weighted by Gasteiger charge is -2.36. The first kappa shape index (κ1) is 18.0. The molecule has 1 N–H and O–H groups in total. The van der Waals surface area contributed by atoms with Crippen molar-refractivity contribution in [3.63, 3.8) is 0 Å². The highest BCUT2D eigenvalue weighted by Crippen LogP contribution is 2.23. The molecule has 2 heteroatoms. The number of hydrogen-bond donors (Lipinski definition) is 1. The van der Waals surface area contributed by atoms with Crippen LogP contribution < -0.4 is 5.32 Å². The molecule has 1 aliphatic rings. The highest BCUT2D eigenvalue weighted by Gasteiger charge is 2.24. The largest absolute Gasteiger partial charge is 0.311 e. The lowest BCUT2D eigenvalue weighted by molar-refractivity contribution is 0.155. The minimum absolute atomic E-state index is 0.351. The van der Waals surface area contributed by atoms with Crippen LogP contribution in [0.25, 0.3) is 0 Å². The van der Waals surface area contributed by atoms with Gasteiger partial charge in [0.15, 0.2) is 0 Å². The first-order valence-electron chi connectivity index (χ1n) is 8.75. The second-order valence-electron chi connectivity index (χ2n) is 8.24. The van der Waals surface area contributed by atoms with Gasteiger partial charge in [-0.1, -0.05) is 34.6 Å². The maximum Gasteiger partial charge on any atom is 0.0148 e. The molecular weight excluding hydrogens is 244 g/mol. The van der Waals surface area contributed by atoms with Crippen molar-refractivity contribution in [2.45, 2.75) is 79.2 Å². The van der Waals surface area contributed by atoms with E-state index >= 15 is 0 Å². The van der Waals surface area contributed by atoms with Crippen molar-refractivity contribution in [2.24, 2.45) is 11.3 Å². The van der Waals surface area contributed by atoms with Crippen molar-refractivity contribution in [3.05, 3.63) is 0 Å². The minimum Gasteiger partial charge on any atom is -0.311 e. The number of piperidine rings is 1. The van der Waals surface area contributed by atoms with Gasteiger partial charge in [0.2, 0.25) is 0 Å². The first-order valence-corrected chi connectivity index (χ1v) is 8.75. The summed E-state index contributed by atoms with van der Waals surface area (Å²) >= 11 is 0. The van der Waals surface area contributed by atoms with E-state index in [1.54, 1.807) is 0 Å². The van der Waals surface area contributed by atoms with Crippen molar-refractivity contribution >= 4 is 0 Å². The molecule has 0 aromatic heterocycles. The van der Waals surface area contributed by atoms with Crippen LogP contribution in [-0.2, 0) is 0 Å². The van der Waals surface area contributed by atoms with Crippen LogP contribution in [0, 0.1) is 11.3 Å². The highest BCUT2D eigenvalue weighted by molar-refractivity contribution is 4.83. The Kier molecular flexibility index (Phi) is 7.00. The van der Waals surface area contributed by atoms with Gasteiger partial charge < -0.3 is 10.2 Å². The van der Waals surface area contributed by atoms with Crippen LogP contribution in [0.4, 0.5) is 0 Å². The van der Waals surface area contributed by atoms with Gasteiger partial charge in [0.25, 0.3) is 0 Å². The summed E-state index contributed by atoms with van der Waals surface area (Å²) in [5.74, 6) is 0.887. The molecule has 0 saturated carbocycles. The number of rotatable bonds is 7. The molecule has 0 aromatic carbocycles. The lowest BCUT2D eigenvalue weighted by atomic mass is 9.90. The van der Waals surface area contributed by atoms with Crippen LogP contribution in [0.15, 0.2) is 0 Å². The minimum atomic E-state index is 0.351. The van der Waals surface area contributed by atoms with E-state index in [0.29, 0.717) is 11.0 Å². The molecule has 0 aliphatic carbocycles. The van der Waals surface area contributed by atoms with Crippen molar-refractivity contribution in [3.8, 4) is 0 Å². The monoisotopic (exact) mass is 282 g/mol. The predicted molar refractivity (Wildman–Crippen MR) is 90.2 cm³/mol. The number of hydrogen-bond acceptors (Lipinski definition) is 2. The molecular formula is C18H38N2. The fraction of sp³-hybridized carbons (Fsp3) is 1.00. The van der Waals surface area contributed by atoms with E-state index in [1.165, 1.54) is 58.3 Å². The van der Waals surface area contributed by atoms with E-state index in [0.717, 1.165) is 5.92 Å². The molecule has 0 aromatic rings. The zero-order chi connectivity index (χ0) is 15.2. The van der Waals surface area contributed by atoms with Gasteiger partial charge in [-0.25, -0.2) is 0 Å². The average molecular weight is 283 g/mol. The molecule has 1 heterocycles. The summed E-state index contributed by atoms with van der Waals surface area (Å²) in [6.45, 7) is 19.1. The Morgan fingerprint density at radius 2 is 1.55 bits per heavy atom. The summed E-state index contributed by atoms with van der Waals surface area (Å²) in [5, 5.41) is 3.82. The molecule has 2 nitrogen and oxygen atoms in total. The maximum atomic E-state index is 3.82. The van der Waals surface area contributed by atoms with Gasteiger partial charge in [-0.3, -0.25) is 0 Å². The lowest BCUT2D eigenvalue weighted by Crippen LogP contribution is -2.46. The van der Waals surface area contributed by atoms with E-state index in [1.807, 2.05) is 0 Å². The van der Waals surface area contributed by atoms with Crippen LogP contribution in [0.5, 0.6) is 0 Å². The molecule has 120 valence electrons. The Morgan fingerprint density at radius 1 is 1.00 bits per heavy atom. The quantitative estimate of drug-likeness (QED) is 0.749. The smallest absolute Gasteiger partial charge is 0.0148 e. The summed E-state index contributed by atoms with van der Waals surface area (Å²) < 4.78 is 0. The summed E-state index contributed by atoms with van der Waals surface area (Å²) in [5.41, 5.74) is 0.825. The summed E-state index contributed by atoms with van der Waals surface area (Å²) in [4.78, 5) is 2.67. The summed E-state index contributed by atoms with van der Waals surface area (Å²) in [7, 11) is 0. The molecule has 0 spiro atoms. The van der Waals surface area contributed by atoms with E-state index in [-0.39, 0.29) is 0 Å². The average Bonchev–Trinajstić information content (AvgIpc) is 2.43. The van der Waals surface area contributed by atoms with Gasteiger partial charge in [-0.2, -0.15) is 0 Å². The topological polar surface area (TPSA) is 15.3 Å². The number of nitrogens with zero attached hydrogens (tertiary/aromatic N) is 1. The fourth-order valence-corrected chi connectivity index (χ4v) is 2.80. The van der Waals surface area contributed by atoms with Gasteiger partial charge in [-0.05, 0) is 76.5 Å². The Morgan fingerprint density at radius 3 is 2.00 bits per heavy atom. The predicted octanol–water partition coefficient (Wildman–Crippen LogP) is 4.30. The van der Waals surface area contributed by atoms with Gasteiger partial charge in [-0.15, -0.1) is 0 Å². The second-order valence-corrected chi connectivity index (χ2v) is 8.24. The zero-order valence-corrected chi connectivity index (χ0v) is 14.9. The van der Waals surface area contributed by atoms with Gasteiger partial charge >= 0.3 is 0 Å². The maximum absolute atomic E-state index is 3.82. The van der Waals surface area contributed by atoms with E-state index in [9.17, 15) is 0 Å². The van der Waals surface area contributed by atoms with Crippen LogP contribution in [-0.4, -0.2) is 36.6 Å². The summed E-state index contributed by atoms with van der Waals surface area (Å²) in [6, 6.07) is 0. The Hall–Kier alpha value is -0.0800.